The summed E-state index contributed by atoms with van der Waals surface area (Å²) in [7, 11) is 0. The highest BCUT2D eigenvalue weighted by Gasteiger charge is 2.18. The van der Waals surface area contributed by atoms with Crippen LogP contribution in [-0.4, -0.2) is 63.8 Å². The maximum atomic E-state index is 13.1. The number of guanidine groups is 1. The lowest BCUT2D eigenvalue weighted by Gasteiger charge is -2.36. The summed E-state index contributed by atoms with van der Waals surface area (Å²) in [5, 5.41) is 11.9. The molecule has 1 fully saturated rings. The summed E-state index contributed by atoms with van der Waals surface area (Å²) < 4.78 is 14.8. The molecule has 1 saturated heterocycles. The first-order chi connectivity index (χ1) is 14.2. The third kappa shape index (κ3) is 5.23. The Morgan fingerprint density at radius 3 is 2.37 bits per heavy atom. The second-order valence-corrected chi connectivity index (χ2v) is 6.78. The Hall–Kier alpha value is -2.76. The van der Waals surface area contributed by atoms with Gasteiger partial charge in [0.1, 0.15) is 5.82 Å². The highest BCUT2D eigenvalue weighted by Crippen LogP contribution is 2.16. The molecule has 1 aliphatic heterocycles. The number of benzene rings is 2. The summed E-state index contributed by atoms with van der Waals surface area (Å²) in [6.45, 7) is 3.68. The van der Waals surface area contributed by atoms with Crippen molar-refractivity contribution < 1.29 is 4.39 Å². The van der Waals surface area contributed by atoms with Gasteiger partial charge in [-0.3, -0.25) is 4.99 Å². The van der Waals surface area contributed by atoms with Crippen LogP contribution in [-0.2, 0) is 6.42 Å². The van der Waals surface area contributed by atoms with E-state index in [4.69, 9.17) is 5.73 Å². The number of hydrogen-bond donors (Lipinski definition) is 1. The Morgan fingerprint density at radius 1 is 0.967 bits per heavy atom. The van der Waals surface area contributed by atoms with Gasteiger partial charge in [-0.05, 0) is 46.8 Å². The first kappa shape index (κ1) is 21.9. The van der Waals surface area contributed by atoms with Crippen LogP contribution in [0.2, 0.25) is 0 Å². The monoisotopic (exact) mass is 522 g/mol. The zero-order valence-electron chi connectivity index (χ0n) is 16.4. The number of aliphatic imine (C=N–C) groups is 1. The van der Waals surface area contributed by atoms with Gasteiger partial charge >= 0.3 is 0 Å². The summed E-state index contributed by atoms with van der Waals surface area (Å²) in [6, 6.07) is 16.3. The molecule has 2 aromatic carbocycles. The Balaban J connectivity index is 0.00000256. The second kappa shape index (κ2) is 10.3. The lowest BCUT2D eigenvalue weighted by Crippen LogP contribution is -2.51. The number of aromatic nitrogens is 4. The molecule has 10 heteroatoms. The molecule has 0 unspecified atom stereocenters. The minimum absolute atomic E-state index is 0. The Labute approximate surface area is 191 Å². The average Bonchev–Trinajstić information content (AvgIpc) is 3.23. The molecule has 0 bridgehead atoms. The van der Waals surface area contributed by atoms with Gasteiger partial charge in [-0.1, -0.05) is 18.2 Å². The fourth-order valence-corrected chi connectivity index (χ4v) is 3.35. The van der Waals surface area contributed by atoms with E-state index in [9.17, 15) is 4.39 Å². The van der Waals surface area contributed by atoms with E-state index in [-0.39, 0.29) is 29.8 Å². The third-order valence-corrected chi connectivity index (χ3v) is 4.94. The molecule has 2 N–H and O–H groups in total. The third-order valence-electron chi connectivity index (χ3n) is 4.94. The van der Waals surface area contributed by atoms with E-state index in [1.165, 1.54) is 12.1 Å². The minimum Gasteiger partial charge on any atom is -0.370 e. The standard InChI is InChI=1S/C20H23FN8.HI/c21-16-6-8-17(9-7-16)27-12-14-28(15-13-27)20(22)23-11-10-19-24-25-26-29(19)18-4-2-1-3-5-18;/h1-9H,10-15H2,(H2,22,23);1H. The largest absolute Gasteiger partial charge is 0.370 e. The summed E-state index contributed by atoms with van der Waals surface area (Å²) in [5.41, 5.74) is 8.13. The Kier molecular flexibility index (Phi) is 7.55. The highest BCUT2D eigenvalue weighted by atomic mass is 127. The molecule has 2 heterocycles. The van der Waals surface area contributed by atoms with Gasteiger partial charge in [0.2, 0.25) is 0 Å². The van der Waals surface area contributed by atoms with Crippen molar-refractivity contribution in [1.29, 1.82) is 0 Å². The van der Waals surface area contributed by atoms with Crippen molar-refractivity contribution in [2.75, 3.05) is 37.6 Å². The number of para-hydroxylation sites is 1. The molecule has 158 valence electrons. The Morgan fingerprint density at radius 2 is 1.67 bits per heavy atom. The molecule has 0 aliphatic carbocycles. The number of anilines is 1. The number of piperazine rings is 1. The number of hydrogen-bond acceptors (Lipinski definition) is 5. The van der Waals surface area contributed by atoms with E-state index in [0.717, 1.165) is 43.4 Å². The molecular weight excluding hydrogens is 498 g/mol. The van der Waals surface area contributed by atoms with E-state index < -0.39 is 0 Å². The first-order valence-electron chi connectivity index (χ1n) is 9.59. The van der Waals surface area contributed by atoms with Crippen molar-refractivity contribution in [2.24, 2.45) is 10.7 Å². The van der Waals surface area contributed by atoms with Gasteiger partial charge in [0, 0.05) is 44.8 Å². The smallest absolute Gasteiger partial charge is 0.191 e. The topological polar surface area (TPSA) is 88.5 Å². The molecule has 1 aromatic heterocycles. The van der Waals surface area contributed by atoms with E-state index in [1.807, 2.05) is 30.3 Å². The number of nitrogens with two attached hydrogens (primary N) is 1. The van der Waals surface area contributed by atoms with Gasteiger partial charge in [0.15, 0.2) is 11.8 Å². The van der Waals surface area contributed by atoms with Crippen LogP contribution in [0, 0.1) is 5.82 Å². The lowest BCUT2D eigenvalue weighted by molar-refractivity contribution is 0.381. The molecule has 30 heavy (non-hydrogen) atoms. The molecular formula is C20H24FIN8. The zero-order chi connectivity index (χ0) is 20.1. The van der Waals surface area contributed by atoms with E-state index >= 15 is 0 Å². The van der Waals surface area contributed by atoms with E-state index in [0.29, 0.717) is 18.9 Å². The maximum Gasteiger partial charge on any atom is 0.191 e. The minimum atomic E-state index is -0.220. The van der Waals surface area contributed by atoms with Crippen LogP contribution in [0.15, 0.2) is 59.6 Å². The van der Waals surface area contributed by atoms with Gasteiger partial charge in [0.05, 0.1) is 5.69 Å². The van der Waals surface area contributed by atoms with E-state index in [2.05, 4.69) is 30.3 Å². The van der Waals surface area contributed by atoms with Crippen molar-refractivity contribution in [3.05, 3.63) is 66.2 Å². The SMILES string of the molecule is I.NC(=NCCc1nnnn1-c1ccccc1)N1CCN(c2ccc(F)cc2)CC1. The van der Waals surface area contributed by atoms with Crippen LogP contribution in [0.25, 0.3) is 5.69 Å². The number of nitrogens with zero attached hydrogens (tertiary/aromatic N) is 7. The van der Waals surface area contributed by atoms with Gasteiger partial charge in [-0.15, -0.1) is 29.1 Å². The Bertz CT molecular complexity index is 952. The summed E-state index contributed by atoms with van der Waals surface area (Å²) in [4.78, 5) is 8.80. The number of tetrazole rings is 1. The lowest BCUT2D eigenvalue weighted by atomic mass is 10.2. The van der Waals surface area contributed by atoms with Crippen molar-refractivity contribution in [3.63, 3.8) is 0 Å². The fraction of sp³-hybridized carbons (Fsp3) is 0.300. The van der Waals surface area contributed by atoms with Crippen LogP contribution in [0.3, 0.4) is 0 Å². The summed E-state index contributed by atoms with van der Waals surface area (Å²) in [6.07, 6.45) is 0.595. The predicted octanol–water partition coefficient (Wildman–Crippen LogP) is 2.10. The quantitative estimate of drug-likeness (QED) is 0.314. The van der Waals surface area contributed by atoms with Crippen molar-refractivity contribution in [2.45, 2.75) is 6.42 Å². The predicted molar refractivity (Wildman–Crippen MR) is 125 cm³/mol. The van der Waals surface area contributed by atoms with Gasteiger partial charge in [-0.25, -0.2) is 4.39 Å². The van der Waals surface area contributed by atoms with Crippen molar-refractivity contribution in [3.8, 4) is 5.69 Å². The summed E-state index contributed by atoms with van der Waals surface area (Å²) in [5.74, 6) is 1.05. The molecule has 0 atom stereocenters. The molecule has 0 saturated carbocycles. The number of halogens is 2. The molecule has 0 radical (unpaired) electrons. The molecule has 0 spiro atoms. The molecule has 8 nitrogen and oxygen atoms in total. The first-order valence-corrected chi connectivity index (χ1v) is 9.59. The van der Waals surface area contributed by atoms with Crippen LogP contribution >= 0.6 is 24.0 Å². The van der Waals surface area contributed by atoms with Crippen LogP contribution in [0.5, 0.6) is 0 Å². The van der Waals surface area contributed by atoms with Crippen LogP contribution < -0.4 is 10.6 Å². The van der Waals surface area contributed by atoms with Gasteiger partial charge < -0.3 is 15.5 Å². The molecule has 3 aromatic rings. The molecule has 0 amide bonds. The van der Waals surface area contributed by atoms with Crippen LogP contribution in [0.4, 0.5) is 10.1 Å². The molecule has 4 rings (SSSR count). The van der Waals surface area contributed by atoms with E-state index in [1.54, 1.807) is 16.8 Å². The highest BCUT2D eigenvalue weighted by molar-refractivity contribution is 14.0. The molecule has 1 aliphatic rings. The number of rotatable bonds is 5. The van der Waals surface area contributed by atoms with Crippen molar-refractivity contribution in [1.82, 2.24) is 25.1 Å². The second-order valence-electron chi connectivity index (χ2n) is 6.78. The fourth-order valence-electron chi connectivity index (χ4n) is 3.35. The average molecular weight is 522 g/mol. The normalized spacial score (nSPS) is 14.5. The summed E-state index contributed by atoms with van der Waals surface area (Å²) >= 11 is 0. The maximum absolute atomic E-state index is 13.1. The van der Waals surface area contributed by atoms with Gasteiger partial charge in [0.25, 0.3) is 0 Å². The van der Waals surface area contributed by atoms with Crippen LogP contribution in [0.1, 0.15) is 5.82 Å². The van der Waals surface area contributed by atoms with Gasteiger partial charge in [-0.2, -0.15) is 4.68 Å². The zero-order valence-corrected chi connectivity index (χ0v) is 18.8. The van der Waals surface area contributed by atoms with Crippen molar-refractivity contribution >= 4 is 35.6 Å².